The molecule has 1 aliphatic heterocycles. The van der Waals surface area contributed by atoms with Gasteiger partial charge in [-0.05, 0) is 36.6 Å². The standard InChI is InChI=1S/C20H19NO4/c1-2-23-20(22)17(12-21)16(10-14-6-4-3-5-7-14)15-8-9-18-19(11-15)25-13-24-18/h3-9,11,16-17H,2,10,13H2,1H3. The number of rotatable bonds is 6. The van der Waals surface area contributed by atoms with Gasteiger partial charge in [0.2, 0.25) is 6.79 Å². The van der Waals surface area contributed by atoms with Crippen LogP contribution in [0.1, 0.15) is 24.0 Å². The first-order chi connectivity index (χ1) is 12.2. The number of carbonyl (C=O) groups is 1. The fraction of sp³-hybridized carbons (Fsp3) is 0.300. The van der Waals surface area contributed by atoms with E-state index in [-0.39, 0.29) is 19.3 Å². The SMILES string of the molecule is CCOC(=O)C(C#N)C(Cc1ccccc1)c1ccc2c(c1)OCO2. The summed E-state index contributed by atoms with van der Waals surface area (Å²) in [7, 11) is 0. The highest BCUT2D eigenvalue weighted by atomic mass is 16.7. The van der Waals surface area contributed by atoms with Crippen molar-refractivity contribution in [1.82, 2.24) is 0 Å². The second kappa shape index (κ2) is 7.71. The quantitative estimate of drug-likeness (QED) is 0.755. The van der Waals surface area contributed by atoms with E-state index in [0.717, 1.165) is 11.1 Å². The fourth-order valence-corrected chi connectivity index (χ4v) is 2.98. The number of nitriles is 1. The van der Waals surface area contributed by atoms with E-state index in [1.807, 2.05) is 48.5 Å². The zero-order valence-electron chi connectivity index (χ0n) is 14.0. The molecule has 0 aliphatic carbocycles. The van der Waals surface area contributed by atoms with Crippen molar-refractivity contribution in [2.24, 2.45) is 5.92 Å². The normalized spacial score (nSPS) is 14.4. The van der Waals surface area contributed by atoms with Gasteiger partial charge in [0.25, 0.3) is 0 Å². The monoisotopic (exact) mass is 337 g/mol. The second-order valence-corrected chi connectivity index (χ2v) is 5.77. The Hall–Kier alpha value is -3.00. The molecule has 0 amide bonds. The zero-order valence-corrected chi connectivity index (χ0v) is 14.0. The number of hydrogen-bond donors (Lipinski definition) is 0. The van der Waals surface area contributed by atoms with Crippen molar-refractivity contribution < 1.29 is 19.0 Å². The molecule has 3 rings (SSSR count). The summed E-state index contributed by atoms with van der Waals surface area (Å²) in [6, 6.07) is 17.5. The third kappa shape index (κ3) is 3.74. The van der Waals surface area contributed by atoms with Gasteiger partial charge in [-0.3, -0.25) is 4.79 Å². The van der Waals surface area contributed by atoms with Gasteiger partial charge in [0.1, 0.15) is 0 Å². The first-order valence-electron chi connectivity index (χ1n) is 8.22. The zero-order chi connectivity index (χ0) is 17.6. The summed E-state index contributed by atoms with van der Waals surface area (Å²) in [6.07, 6.45) is 0.553. The lowest BCUT2D eigenvalue weighted by Crippen LogP contribution is -2.25. The average Bonchev–Trinajstić information content (AvgIpc) is 3.10. The number of carbonyl (C=O) groups excluding carboxylic acids is 1. The Labute approximate surface area is 146 Å². The molecule has 2 unspecified atom stereocenters. The average molecular weight is 337 g/mol. The van der Waals surface area contributed by atoms with Gasteiger partial charge in [0.15, 0.2) is 17.4 Å². The molecule has 0 aromatic heterocycles. The van der Waals surface area contributed by atoms with Crippen molar-refractivity contribution in [3.63, 3.8) is 0 Å². The number of ether oxygens (including phenoxy) is 3. The van der Waals surface area contributed by atoms with E-state index in [2.05, 4.69) is 6.07 Å². The molecule has 2 aromatic carbocycles. The summed E-state index contributed by atoms with van der Waals surface area (Å²) >= 11 is 0. The molecule has 0 bridgehead atoms. The minimum Gasteiger partial charge on any atom is -0.465 e. The van der Waals surface area contributed by atoms with Crippen molar-refractivity contribution in [3.05, 3.63) is 59.7 Å². The number of esters is 1. The molecule has 0 spiro atoms. The molecule has 2 aromatic rings. The van der Waals surface area contributed by atoms with Gasteiger partial charge in [-0.15, -0.1) is 0 Å². The van der Waals surface area contributed by atoms with E-state index < -0.39 is 11.9 Å². The Bertz CT molecular complexity index is 782. The molecular formula is C20H19NO4. The molecule has 1 aliphatic rings. The van der Waals surface area contributed by atoms with E-state index in [4.69, 9.17) is 14.2 Å². The molecule has 2 atom stereocenters. The van der Waals surface area contributed by atoms with Crippen molar-refractivity contribution in [3.8, 4) is 17.6 Å². The van der Waals surface area contributed by atoms with E-state index >= 15 is 0 Å². The van der Waals surface area contributed by atoms with Crippen molar-refractivity contribution in [2.75, 3.05) is 13.4 Å². The second-order valence-electron chi connectivity index (χ2n) is 5.77. The predicted molar refractivity (Wildman–Crippen MR) is 91.2 cm³/mol. The lowest BCUT2D eigenvalue weighted by atomic mass is 9.82. The molecule has 1 heterocycles. The van der Waals surface area contributed by atoms with Gasteiger partial charge in [-0.25, -0.2) is 0 Å². The van der Waals surface area contributed by atoms with Crippen LogP contribution in [0.2, 0.25) is 0 Å². The maximum absolute atomic E-state index is 12.3. The Morgan fingerprint density at radius 1 is 1.20 bits per heavy atom. The smallest absolute Gasteiger partial charge is 0.323 e. The van der Waals surface area contributed by atoms with Crippen LogP contribution in [0, 0.1) is 17.2 Å². The van der Waals surface area contributed by atoms with Crippen LogP contribution >= 0.6 is 0 Å². The van der Waals surface area contributed by atoms with Crippen LogP contribution in [-0.4, -0.2) is 19.4 Å². The van der Waals surface area contributed by atoms with Crippen LogP contribution in [0.25, 0.3) is 0 Å². The van der Waals surface area contributed by atoms with Crippen molar-refractivity contribution >= 4 is 5.97 Å². The van der Waals surface area contributed by atoms with Crippen molar-refractivity contribution in [1.29, 1.82) is 5.26 Å². The minimum absolute atomic E-state index is 0.182. The van der Waals surface area contributed by atoms with Crippen LogP contribution in [0.4, 0.5) is 0 Å². The van der Waals surface area contributed by atoms with E-state index in [9.17, 15) is 10.1 Å². The van der Waals surface area contributed by atoms with Crippen LogP contribution in [0.3, 0.4) is 0 Å². The van der Waals surface area contributed by atoms with Crippen molar-refractivity contribution in [2.45, 2.75) is 19.3 Å². The summed E-state index contributed by atoms with van der Waals surface area (Å²) in [6.45, 7) is 2.16. The topological polar surface area (TPSA) is 68.6 Å². The number of nitrogens with zero attached hydrogens (tertiary/aromatic N) is 1. The van der Waals surface area contributed by atoms with Gasteiger partial charge < -0.3 is 14.2 Å². The highest BCUT2D eigenvalue weighted by Crippen LogP contribution is 2.38. The van der Waals surface area contributed by atoms with E-state index in [0.29, 0.717) is 17.9 Å². The number of benzene rings is 2. The van der Waals surface area contributed by atoms with Crippen LogP contribution in [0.15, 0.2) is 48.5 Å². The summed E-state index contributed by atoms with van der Waals surface area (Å²) < 4.78 is 15.9. The third-order valence-corrected chi connectivity index (χ3v) is 4.21. The molecular weight excluding hydrogens is 318 g/mol. The number of hydrogen-bond acceptors (Lipinski definition) is 5. The summed E-state index contributed by atoms with van der Waals surface area (Å²) in [5.41, 5.74) is 1.91. The molecule has 25 heavy (non-hydrogen) atoms. The molecule has 0 N–H and O–H groups in total. The molecule has 5 nitrogen and oxygen atoms in total. The van der Waals surface area contributed by atoms with Crippen LogP contribution < -0.4 is 9.47 Å². The molecule has 0 radical (unpaired) electrons. The lowest BCUT2D eigenvalue weighted by Gasteiger charge is -2.22. The number of fused-ring (bicyclic) bond motifs is 1. The molecule has 128 valence electrons. The lowest BCUT2D eigenvalue weighted by molar-refractivity contribution is -0.146. The van der Waals surface area contributed by atoms with Gasteiger partial charge in [0, 0.05) is 5.92 Å². The Balaban J connectivity index is 1.96. The Morgan fingerprint density at radius 3 is 2.68 bits per heavy atom. The molecule has 0 saturated carbocycles. The first-order valence-corrected chi connectivity index (χ1v) is 8.22. The first kappa shape index (κ1) is 16.8. The van der Waals surface area contributed by atoms with Gasteiger partial charge >= 0.3 is 5.97 Å². The molecule has 0 saturated heterocycles. The molecule has 5 heteroatoms. The van der Waals surface area contributed by atoms with E-state index in [1.54, 1.807) is 6.92 Å². The maximum Gasteiger partial charge on any atom is 0.323 e. The largest absolute Gasteiger partial charge is 0.465 e. The highest BCUT2D eigenvalue weighted by Gasteiger charge is 2.32. The highest BCUT2D eigenvalue weighted by molar-refractivity contribution is 5.76. The van der Waals surface area contributed by atoms with Gasteiger partial charge in [0.05, 0.1) is 12.7 Å². The van der Waals surface area contributed by atoms with Gasteiger partial charge in [-0.2, -0.15) is 5.26 Å². The van der Waals surface area contributed by atoms with Crippen LogP contribution in [0.5, 0.6) is 11.5 Å². The third-order valence-electron chi connectivity index (χ3n) is 4.21. The summed E-state index contributed by atoms with van der Waals surface area (Å²) in [5.74, 6) is -0.409. The predicted octanol–water partition coefficient (Wildman–Crippen LogP) is 3.44. The van der Waals surface area contributed by atoms with E-state index in [1.165, 1.54) is 0 Å². The Morgan fingerprint density at radius 2 is 1.96 bits per heavy atom. The minimum atomic E-state index is -0.888. The molecule has 0 fully saturated rings. The van der Waals surface area contributed by atoms with Crippen LogP contribution in [-0.2, 0) is 16.0 Å². The summed E-state index contributed by atoms with van der Waals surface area (Å²) in [5, 5.41) is 9.62. The summed E-state index contributed by atoms with van der Waals surface area (Å²) in [4.78, 5) is 12.3. The fourth-order valence-electron chi connectivity index (χ4n) is 2.98. The Kier molecular flexibility index (Phi) is 5.20. The van der Waals surface area contributed by atoms with Gasteiger partial charge in [-0.1, -0.05) is 36.4 Å². The maximum atomic E-state index is 12.3.